The molecular weight excluding hydrogens is 292 g/mol. The van der Waals surface area contributed by atoms with Crippen molar-refractivity contribution in [3.63, 3.8) is 0 Å². The normalized spacial score (nSPS) is 26.3. The number of thiocarbonyl (C=S) groups is 1. The number of hydrogen-bond donors (Lipinski definition) is 2. The Kier molecular flexibility index (Phi) is 6.33. The maximum atomic E-state index is 5.79. The van der Waals surface area contributed by atoms with Crippen LogP contribution in [0.15, 0.2) is 0 Å². The molecule has 0 saturated carbocycles. The molecule has 0 aliphatic carbocycles. The summed E-state index contributed by atoms with van der Waals surface area (Å²) in [7, 11) is 0. The Balaban J connectivity index is 1.46. The summed E-state index contributed by atoms with van der Waals surface area (Å²) >= 11 is 5.79. The van der Waals surface area contributed by atoms with E-state index in [4.69, 9.17) is 12.2 Å². The molecule has 0 aromatic carbocycles. The van der Waals surface area contributed by atoms with Gasteiger partial charge in [0.1, 0.15) is 0 Å². The summed E-state index contributed by atoms with van der Waals surface area (Å²) in [5.41, 5.74) is 0. The smallest absolute Gasteiger partial charge is 0.180 e. The molecule has 4 nitrogen and oxygen atoms in total. The zero-order valence-electron chi connectivity index (χ0n) is 14.1. The first-order valence-electron chi connectivity index (χ1n) is 9.54. The van der Waals surface area contributed by atoms with Crippen molar-refractivity contribution in [2.24, 2.45) is 0 Å². The summed E-state index contributed by atoms with van der Waals surface area (Å²) in [6.07, 6.45) is 11.3. The van der Waals surface area contributed by atoms with E-state index >= 15 is 0 Å². The van der Waals surface area contributed by atoms with Crippen molar-refractivity contribution < 1.29 is 9.80 Å². The minimum Gasteiger partial charge on any atom is -0.318 e. The van der Waals surface area contributed by atoms with E-state index in [1.807, 2.05) is 0 Å². The maximum absolute atomic E-state index is 5.79. The molecule has 0 unspecified atom stereocenters. The third kappa shape index (κ3) is 4.56. The lowest BCUT2D eigenvalue weighted by Gasteiger charge is -2.27. The molecule has 3 aliphatic heterocycles. The van der Waals surface area contributed by atoms with Gasteiger partial charge in [0.15, 0.2) is 18.4 Å². The average molecular weight is 327 g/mol. The van der Waals surface area contributed by atoms with E-state index in [2.05, 4.69) is 9.80 Å². The molecule has 0 bridgehead atoms. The zero-order valence-corrected chi connectivity index (χ0v) is 14.9. The van der Waals surface area contributed by atoms with Crippen molar-refractivity contribution in [3.8, 4) is 0 Å². The summed E-state index contributed by atoms with van der Waals surface area (Å²) in [5, 5.41) is 1.13. The van der Waals surface area contributed by atoms with Crippen LogP contribution >= 0.6 is 12.2 Å². The van der Waals surface area contributed by atoms with Crippen LogP contribution < -0.4 is 9.80 Å². The quantitative estimate of drug-likeness (QED) is 0.692. The molecule has 3 heterocycles. The minimum atomic E-state index is 1.13. The molecule has 3 fully saturated rings. The van der Waals surface area contributed by atoms with Gasteiger partial charge in [0.2, 0.25) is 0 Å². The van der Waals surface area contributed by atoms with E-state index in [1.54, 1.807) is 9.80 Å². The Morgan fingerprint density at radius 2 is 1.00 bits per heavy atom. The molecule has 0 amide bonds. The van der Waals surface area contributed by atoms with Gasteiger partial charge in [-0.2, -0.15) is 0 Å². The van der Waals surface area contributed by atoms with E-state index in [0.29, 0.717) is 0 Å². The first kappa shape index (κ1) is 16.5. The molecular formula is C17H34N4S+2. The zero-order chi connectivity index (χ0) is 15.2. The Bertz CT molecular complexity index is 315. The lowest BCUT2D eigenvalue weighted by atomic mass is 10.2. The monoisotopic (exact) mass is 326 g/mol. The number of quaternary nitrogens is 2. The number of nitrogens with zero attached hydrogens (tertiary/aromatic N) is 2. The molecule has 5 heteroatoms. The molecule has 2 N–H and O–H groups in total. The van der Waals surface area contributed by atoms with Gasteiger partial charge in [-0.1, -0.05) is 0 Å². The Hall–Kier alpha value is -0.390. The van der Waals surface area contributed by atoms with Gasteiger partial charge in [-0.25, -0.2) is 0 Å². The van der Waals surface area contributed by atoms with Crippen molar-refractivity contribution in [2.45, 2.75) is 51.4 Å². The van der Waals surface area contributed by atoms with Crippen LogP contribution in [-0.2, 0) is 0 Å². The van der Waals surface area contributed by atoms with Crippen LogP contribution in [0.1, 0.15) is 51.4 Å². The number of likely N-dealkylation sites (tertiary alicyclic amines) is 2. The highest BCUT2D eigenvalue weighted by molar-refractivity contribution is 7.80. The van der Waals surface area contributed by atoms with Gasteiger partial charge in [0, 0.05) is 13.1 Å². The third-order valence-electron chi connectivity index (χ3n) is 5.63. The molecule has 3 rings (SSSR count). The number of nitrogens with one attached hydrogen (secondary N) is 2. The van der Waals surface area contributed by atoms with Crippen LogP contribution in [-0.4, -0.2) is 67.5 Å². The van der Waals surface area contributed by atoms with Crippen LogP contribution in [0.2, 0.25) is 0 Å². The second-order valence-electron chi connectivity index (χ2n) is 7.45. The highest BCUT2D eigenvalue weighted by Gasteiger charge is 2.30. The van der Waals surface area contributed by atoms with E-state index in [-0.39, 0.29) is 0 Å². The molecule has 3 saturated heterocycles. The van der Waals surface area contributed by atoms with Crippen LogP contribution in [0.25, 0.3) is 0 Å². The summed E-state index contributed by atoms with van der Waals surface area (Å²) in [6, 6.07) is 0. The van der Waals surface area contributed by atoms with Crippen molar-refractivity contribution >= 4 is 17.3 Å². The van der Waals surface area contributed by atoms with Crippen molar-refractivity contribution in [3.05, 3.63) is 0 Å². The Labute approximate surface area is 141 Å². The van der Waals surface area contributed by atoms with Crippen LogP contribution in [0.3, 0.4) is 0 Å². The second kappa shape index (κ2) is 8.46. The molecule has 0 spiro atoms. The van der Waals surface area contributed by atoms with Gasteiger partial charge < -0.3 is 19.6 Å². The topological polar surface area (TPSA) is 15.4 Å². The van der Waals surface area contributed by atoms with Gasteiger partial charge >= 0.3 is 0 Å². The second-order valence-corrected chi connectivity index (χ2v) is 7.82. The summed E-state index contributed by atoms with van der Waals surface area (Å²) in [4.78, 5) is 8.47. The van der Waals surface area contributed by atoms with E-state index in [1.165, 1.54) is 77.5 Å². The lowest BCUT2D eigenvalue weighted by Crippen LogP contribution is -3.14. The lowest BCUT2D eigenvalue weighted by molar-refractivity contribution is -0.909. The van der Waals surface area contributed by atoms with E-state index in [0.717, 1.165) is 31.5 Å². The van der Waals surface area contributed by atoms with Gasteiger partial charge in [0.25, 0.3) is 0 Å². The SMILES string of the molecule is S=C1N(C[NH+]2CCCCCC2)CCN1C[NH+]1CCCCCC1. The van der Waals surface area contributed by atoms with E-state index in [9.17, 15) is 0 Å². The fraction of sp³-hybridized carbons (Fsp3) is 0.941. The average Bonchev–Trinajstić information content (AvgIpc) is 2.79. The van der Waals surface area contributed by atoms with Crippen LogP contribution in [0.5, 0.6) is 0 Å². The first-order chi connectivity index (χ1) is 10.8. The summed E-state index contributed by atoms with van der Waals surface area (Å²) < 4.78 is 0. The molecule has 0 aromatic rings. The highest BCUT2D eigenvalue weighted by Crippen LogP contribution is 2.07. The van der Waals surface area contributed by atoms with Gasteiger partial charge in [-0.3, -0.25) is 0 Å². The molecule has 0 aromatic heterocycles. The minimum absolute atomic E-state index is 1.13. The molecule has 126 valence electrons. The fourth-order valence-electron chi connectivity index (χ4n) is 4.24. The predicted octanol–water partition coefficient (Wildman–Crippen LogP) is -0.278. The van der Waals surface area contributed by atoms with Gasteiger partial charge in [-0.05, 0) is 63.6 Å². The molecule has 3 aliphatic rings. The molecule has 0 radical (unpaired) electrons. The van der Waals surface area contributed by atoms with Crippen molar-refractivity contribution in [1.29, 1.82) is 0 Å². The third-order valence-corrected chi connectivity index (χ3v) is 6.15. The first-order valence-corrected chi connectivity index (χ1v) is 9.95. The van der Waals surface area contributed by atoms with Gasteiger partial charge in [-0.15, -0.1) is 0 Å². The van der Waals surface area contributed by atoms with Crippen molar-refractivity contribution in [2.75, 3.05) is 52.6 Å². The standard InChI is InChI=1S/C17H32N4S/c22-17-20(15-18-9-5-1-2-6-10-18)13-14-21(17)16-19-11-7-3-4-8-12-19/h1-16H2/p+2. The summed E-state index contributed by atoms with van der Waals surface area (Å²) in [6.45, 7) is 9.96. The number of hydrogen-bond acceptors (Lipinski definition) is 1. The maximum Gasteiger partial charge on any atom is 0.180 e. The fourth-order valence-corrected chi connectivity index (χ4v) is 4.55. The largest absolute Gasteiger partial charge is 0.318 e. The predicted molar refractivity (Wildman–Crippen MR) is 94.1 cm³/mol. The Morgan fingerprint density at radius 1 is 0.636 bits per heavy atom. The molecule has 22 heavy (non-hydrogen) atoms. The highest BCUT2D eigenvalue weighted by atomic mass is 32.1. The van der Waals surface area contributed by atoms with E-state index < -0.39 is 0 Å². The van der Waals surface area contributed by atoms with Gasteiger partial charge in [0.05, 0.1) is 26.2 Å². The molecule has 0 atom stereocenters. The van der Waals surface area contributed by atoms with Crippen LogP contribution in [0.4, 0.5) is 0 Å². The Morgan fingerprint density at radius 3 is 1.36 bits per heavy atom. The van der Waals surface area contributed by atoms with Crippen LogP contribution in [0, 0.1) is 0 Å². The number of rotatable bonds is 4. The van der Waals surface area contributed by atoms with Crippen molar-refractivity contribution in [1.82, 2.24) is 9.80 Å². The summed E-state index contributed by atoms with van der Waals surface area (Å²) in [5.74, 6) is 0.